The highest BCUT2D eigenvalue weighted by molar-refractivity contribution is 5.90. The predicted octanol–water partition coefficient (Wildman–Crippen LogP) is 4.22. The molecule has 2 aromatic carbocycles. The van der Waals surface area contributed by atoms with E-state index < -0.39 is 17.6 Å². The highest BCUT2D eigenvalue weighted by Crippen LogP contribution is 2.34. The zero-order valence-corrected chi connectivity index (χ0v) is 14.4. The third-order valence-corrected chi connectivity index (χ3v) is 4.04. The van der Waals surface area contributed by atoms with Crippen molar-refractivity contribution in [2.45, 2.75) is 19.1 Å². The van der Waals surface area contributed by atoms with Crippen molar-refractivity contribution in [2.75, 3.05) is 5.32 Å². The van der Waals surface area contributed by atoms with Gasteiger partial charge in [-0.2, -0.15) is 17.7 Å². The molecule has 0 atom stereocenters. The molecule has 0 saturated heterocycles. The Balaban J connectivity index is 1.63. The average Bonchev–Trinajstić information content (AvgIpc) is 2.64. The van der Waals surface area contributed by atoms with Crippen LogP contribution >= 0.6 is 0 Å². The molecule has 0 spiro atoms. The van der Waals surface area contributed by atoms with E-state index in [2.05, 4.69) is 5.32 Å². The Morgan fingerprint density at radius 2 is 1.44 bits per heavy atom. The van der Waals surface area contributed by atoms with Crippen molar-refractivity contribution in [3.05, 3.63) is 95.8 Å². The van der Waals surface area contributed by atoms with E-state index in [9.17, 15) is 18.0 Å². The first-order valence-electron chi connectivity index (χ1n) is 8.40. The van der Waals surface area contributed by atoms with Gasteiger partial charge in [0.25, 0.3) is 5.91 Å². The molecule has 6 heteroatoms. The van der Waals surface area contributed by atoms with Crippen molar-refractivity contribution in [3.63, 3.8) is 0 Å². The van der Waals surface area contributed by atoms with Gasteiger partial charge in [0.1, 0.15) is 0 Å². The lowest BCUT2D eigenvalue weighted by molar-refractivity contribution is -0.684. The van der Waals surface area contributed by atoms with E-state index in [1.807, 2.05) is 42.5 Å². The molecule has 0 aliphatic rings. The van der Waals surface area contributed by atoms with Crippen molar-refractivity contribution in [3.8, 4) is 0 Å². The predicted molar refractivity (Wildman–Crippen MR) is 96.0 cm³/mol. The first-order chi connectivity index (χ1) is 12.9. The number of hydrogen-bond donors (Lipinski definition) is 1. The summed E-state index contributed by atoms with van der Waals surface area (Å²) < 4.78 is 40.6. The largest absolute Gasteiger partial charge is 0.418 e. The molecule has 138 valence electrons. The number of benzene rings is 2. The van der Waals surface area contributed by atoms with E-state index in [1.54, 1.807) is 17.0 Å². The molecule has 0 aliphatic heterocycles. The first kappa shape index (κ1) is 18.6. The average molecular weight is 371 g/mol. The Bertz CT molecular complexity index is 907. The molecule has 0 saturated carbocycles. The van der Waals surface area contributed by atoms with Crippen molar-refractivity contribution in [1.29, 1.82) is 0 Å². The van der Waals surface area contributed by atoms with Gasteiger partial charge in [-0.15, -0.1) is 0 Å². The van der Waals surface area contributed by atoms with Crippen molar-refractivity contribution >= 4 is 11.6 Å². The molecule has 1 N–H and O–H groups in total. The molecule has 1 aromatic heterocycles. The molecule has 1 amide bonds. The van der Waals surface area contributed by atoms with Crippen LogP contribution in [0.2, 0.25) is 0 Å². The number of halogens is 3. The van der Waals surface area contributed by atoms with Gasteiger partial charge in [0, 0.05) is 12.1 Å². The van der Waals surface area contributed by atoms with Gasteiger partial charge in [0.15, 0.2) is 12.4 Å². The number of carbonyl (C=O) groups excluding carboxylic acids is 1. The van der Waals surface area contributed by atoms with Gasteiger partial charge in [0.2, 0.25) is 6.54 Å². The highest BCUT2D eigenvalue weighted by atomic mass is 19.4. The third kappa shape index (κ3) is 5.17. The summed E-state index contributed by atoms with van der Waals surface area (Å²) in [6, 6.07) is 18.7. The number of para-hydroxylation sites is 1. The molecule has 1 heterocycles. The third-order valence-electron chi connectivity index (χ3n) is 4.04. The Morgan fingerprint density at radius 1 is 0.852 bits per heavy atom. The quantitative estimate of drug-likeness (QED) is 0.669. The molecule has 27 heavy (non-hydrogen) atoms. The smallest absolute Gasteiger partial charge is 0.320 e. The number of amides is 1. The molecule has 3 nitrogen and oxygen atoms in total. The number of rotatable bonds is 5. The van der Waals surface area contributed by atoms with Crippen LogP contribution in [0.4, 0.5) is 18.9 Å². The minimum Gasteiger partial charge on any atom is -0.320 e. The Kier molecular flexibility index (Phi) is 5.54. The van der Waals surface area contributed by atoms with Gasteiger partial charge >= 0.3 is 6.18 Å². The lowest BCUT2D eigenvalue weighted by atomic mass is 10.1. The molecule has 0 bridgehead atoms. The van der Waals surface area contributed by atoms with E-state index >= 15 is 0 Å². The van der Waals surface area contributed by atoms with Crippen LogP contribution in [0, 0.1) is 0 Å². The lowest BCUT2D eigenvalue weighted by Crippen LogP contribution is -2.39. The normalized spacial score (nSPS) is 11.2. The van der Waals surface area contributed by atoms with Crippen LogP contribution in [0.25, 0.3) is 0 Å². The molecule has 3 aromatic rings. The topological polar surface area (TPSA) is 33.0 Å². The van der Waals surface area contributed by atoms with Crippen LogP contribution in [-0.4, -0.2) is 5.91 Å². The van der Waals surface area contributed by atoms with Crippen LogP contribution in [0.5, 0.6) is 0 Å². The second kappa shape index (κ2) is 8.03. The molecule has 0 unspecified atom stereocenters. The number of nitrogens with zero attached hydrogens (tertiary/aromatic N) is 1. The molecular weight excluding hydrogens is 353 g/mol. The van der Waals surface area contributed by atoms with Gasteiger partial charge in [-0.1, -0.05) is 42.5 Å². The number of alkyl halides is 3. The standard InChI is InChI=1S/C21H17F3N2O/c22-21(23,24)18-8-4-5-9-19(18)25-20(27)15-26-12-10-17(11-13-26)14-16-6-2-1-3-7-16/h1-13H,14-15H2/p+1. The van der Waals surface area contributed by atoms with E-state index in [-0.39, 0.29) is 12.2 Å². The van der Waals surface area contributed by atoms with E-state index in [4.69, 9.17) is 0 Å². The second-order valence-electron chi connectivity index (χ2n) is 6.13. The van der Waals surface area contributed by atoms with Crippen LogP contribution < -0.4 is 9.88 Å². The Labute approximate surface area is 155 Å². The maximum atomic E-state index is 13.0. The Morgan fingerprint density at radius 3 is 2.11 bits per heavy atom. The fourth-order valence-corrected chi connectivity index (χ4v) is 2.74. The zero-order valence-electron chi connectivity index (χ0n) is 14.4. The second-order valence-corrected chi connectivity index (χ2v) is 6.13. The highest BCUT2D eigenvalue weighted by Gasteiger charge is 2.33. The monoisotopic (exact) mass is 371 g/mol. The van der Waals surface area contributed by atoms with Gasteiger partial charge in [-0.3, -0.25) is 4.79 Å². The number of anilines is 1. The van der Waals surface area contributed by atoms with Crippen molar-refractivity contribution in [1.82, 2.24) is 0 Å². The SMILES string of the molecule is O=C(C[n+]1ccc(Cc2ccccc2)cc1)Nc1ccccc1C(F)(F)F. The maximum Gasteiger partial charge on any atom is 0.418 e. The number of carbonyl (C=O) groups is 1. The van der Waals surface area contributed by atoms with Gasteiger partial charge in [-0.05, 0) is 29.7 Å². The Hall–Kier alpha value is -3.15. The number of aromatic nitrogens is 1. The van der Waals surface area contributed by atoms with Crippen LogP contribution in [0.3, 0.4) is 0 Å². The fourth-order valence-electron chi connectivity index (χ4n) is 2.74. The molecule has 0 radical (unpaired) electrons. The summed E-state index contributed by atoms with van der Waals surface area (Å²) in [5.41, 5.74) is 1.16. The summed E-state index contributed by atoms with van der Waals surface area (Å²) in [7, 11) is 0. The summed E-state index contributed by atoms with van der Waals surface area (Å²) in [5, 5.41) is 2.34. The fraction of sp³-hybridized carbons (Fsp3) is 0.143. The van der Waals surface area contributed by atoms with Gasteiger partial charge < -0.3 is 5.32 Å². The minimum absolute atomic E-state index is 0.0716. The summed E-state index contributed by atoms with van der Waals surface area (Å²) in [6.07, 6.45) is -0.260. The van der Waals surface area contributed by atoms with Gasteiger partial charge in [0.05, 0.1) is 11.3 Å². The number of nitrogens with one attached hydrogen (secondary N) is 1. The summed E-state index contributed by atoms with van der Waals surface area (Å²) in [5.74, 6) is -0.521. The summed E-state index contributed by atoms with van der Waals surface area (Å²) >= 11 is 0. The zero-order chi connectivity index (χ0) is 19.3. The summed E-state index contributed by atoms with van der Waals surface area (Å²) in [6.45, 7) is -0.0716. The number of hydrogen-bond acceptors (Lipinski definition) is 1. The minimum atomic E-state index is -4.52. The van der Waals surface area contributed by atoms with Gasteiger partial charge in [-0.25, -0.2) is 0 Å². The lowest BCUT2D eigenvalue weighted by Gasteiger charge is -2.12. The molecule has 0 fully saturated rings. The van der Waals surface area contributed by atoms with E-state index in [0.717, 1.165) is 18.1 Å². The van der Waals surface area contributed by atoms with Crippen LogP contribution in [0.15, 0.2) is 79.1 Å². The maximum absolute atomic E-state index is 13.0. The van der Waals surface area contributed by atoms with E-state index in [0.29, 0.717) is 0 Å². The first-order valence-corrected chi connectivity index (χ1v) is 8.40. The number of pyridine rings is 1. The summed E-state index contributed by atoms with van der Waals surface area (Å²) in [4.78, 5) is 12.1. The van der Waals surface area contributed by atoms with Crippen molar-refractivity contribution in [2.24, 2.45) is 0 Å². The molecule has 0 aliphatic carbocycles. The van der Waals surface area contributed by atoms with Crippen LogP contribution in [0.1, 0.15) is 16.7 Å². The van der Waals surface area contributed by atoms with Crippen molar-refractivity contribution < 1.29 is 22.5 Å². The molecule has 3 rings (SSSR count). The molecular formula is C21H18F3N2O+. The van der Waals surface area contributed by atoms with Crippen LogP contribution in [-0.2, 0) is 23.9 Å². The van der Waals surface area contributed by atoms with E-state index in [1.165, 1.54) is 23.8 Å².